The average molecular weight is 603 g/mol. The molecule has 2 aliphatic rings. The highest BCUT2D eigenvalue weighted by Crippen LogP contribution is 2.50. The first-order valence-corrected chi connectivity index (χ1v) is 15.9. The zero-order valence-corrected chi connectivity index (χ0v) is 28.9. The Labute approximate surface area is 267 Å². The first kappa shape index (κ1) is 37.4. The summed E-state index contributed by atoms with van der Waals surface area (Å²) < 4.78 is 0. The van der Waals surface area contributed by atoms with Crippen molar-refractivity contribution in [3.05, 3.63) is 119 Å². The summed E-state index contributed by atoms with van der Waals surface area (Å²) in [4.78, 5) is 0. The number of rotatable bonds is 10. The first-order valence-electron chi connectivity index (χ1n) is 15.9. The van der Waals surface area contributed by atoms with Gasteiger partial charge in [-0.25, -0.2) is 0 Å². The van der Waals surface area contributed by atoms with E-state index in [0.29, 0.717) is 6.42 Å². The Bertz CT molecular complexity index is 1300. The van der Waals surface area contributed by atoms with E-state index in [-0.39, 0.29) is 17.9 Å². The molecule has 0 aromatic rings. The maximum Gasteiger partial charge on any atom is 0.117 e. The number of hydrogen-bond acceptors (Lipinski definition) is 4. The lowest BCUT2D eigenvalue weighted by atomic mass is 9.57. The molecule has 242 valence electrons. The van der Waals surface area contributed by atoms with Crippen molar-refractivity contribution in [2.24, 2.45) is 10.8 Å². The lowest BCUT2D eigenvalue weighted by molar-refractivity contribution is -0.216. The summed E-state index contributed by atoms with van der Waals surface area (Å²) >= 11 is 0. The van der Waals surface area contributed by atoms with Crippen LogP contribution in [-0.2, 0) is 0 Å². The van der Waals surface area contributed by atoms with E-state index in [9.17, 15) is 20.4 Å². The SMILES string of the molecule is CC1=C(/C=C/C(C)=C\C=C/C(C)=C/C=C\C=C(C)\C=C/C=C(C)\C=C\C2(O)C(C)(C)CC(O)CC2(C)O)C(C)(C)CC(O)C1. The van der Waals surface area contributed by atoms with Gasteiger partial charge in [0, 0.05) is 11.8 Å². The summed E-state index contributed by atoms with van der Waals surface area (Å²) in [6.45, 7) is 20.1. The van der Waals surface area contributed by atoms with Crippen LogP contribution in [0.3, 0.4) is 0 Å². The van der Waals surface area contributed by atoms with Crippen molar-refractivity contribution in [3.63, 3.8) is 0 Å². The van der Waals surface area contributed by atoms with Crippen LogP contribution >= 0.6 is 0 Å². The normalized spacial score (nSPS) is 31.1. The summed E-state index contributed by atoms with van der Waals surface area (Å²) in [6.07, 6.45) is 29.6. The average Bonchev–Trinajstić information content (AvgIpc) is 2.87. The molecule has 2 aliphatic carbocycles. The van der Waals surface area contributed by atoms with Crippen molar-refractivity contribution in [2.75, 3.05) is 0 Å². The molecule has 0 aromatic carbocycles. The molecule has 2 rings (SSSR count). The molecule has 4 nitrogen and oxygen atoms in total. The van der Waals surface area contributed by atoms with Gasteiger partial charge in [-0.15, -0.1) is 0 Å². The minimum atomic E-state index is -1.44. The zero-order valence-electron chi connectivity index (χ0n) is 28.9. The molecule has 4 N–H and O–H groups in total. The Morgan fingerprint density at radius 3 is 1.61 bits per heavy atom. The van der Waals surface area contributed by atoms with E-state index in [2.05, 4.69) is 77.2 Å². The molecule has 0 bridgehead atoms. The number of allylic oxidation sites excluding steroid dienone is 18. The summed E-state index contributed by atoms with van der Waals surface area (Å²) in [5, 5.41) is 42.6. The minimum absolute atomic E-state index is 0.0115. The van der Waals surface area contributed by atoms with Crippen LogP contribution in [0, 0.1) is 10.8 Å². The summed E-state index contributed by atoms with van der Waals surface area (Å²) in [5.41, 5.74) is 3.44. The van der Waals surface area contributed by atoms with E-state index in [0.717, 1.165) is 29.6 Å². The summed E-state index contributed by atoms with van der Waals surface area (Å²) in [6, 6.07) is 0. The van der Waals surface area contributed by atoms with Crippen molar-refractivity contribution in [1.82, 2.24) is 0 Å². The molecule has 4 heteroatoms. The van der Waals surface area contributed by atoms with Gasteiger partial charge in [0.05, 0.1) is 17.8 Å². The van der Waals surface area contributed by atoms with Crippen molar-refractivity contribution < 1.29 is 20.4 Å². The lowest BCUT2D eigenvalue weighted by Crippen LogP contribution is -2.65. The fourth-order valence-electron chi connectivity index (χ4n) is 6.55. The van der Waals surface area contributed by atoms with Crippen LogP contribution in [0.1, 0.15) is 94.9 Å². The molecule has 1 fully saturated rings. The largest absolute Gasteiger partial charge is 0.393 e. The van der Waals surface area contributed by atoms with Crippen LogP contribution in [-0.4, -0.2) is 43.8 Å². The van der Waals surface area contributed by atoms with Crippen LogP contribution < -0.4 is 0 Å². The van der Waals surface area contributed by atoms with E-state index in [1.807, 2.05) is 64.2 Å². The van der Waals surface area contributed by atoms with Gasteiger partial charge in [0.2, 0.25) is 0 Å². The second kappa shape index (κ2) is 15.5. The molecule has 1 saturated carbocycles. The van der Waals surface area contributed by atoms with Gasteiger partial charge in [0.1, 0.15) is 5.60 Å². The van der Waals surface area contributed by atoms with Crippen molar-refractivity contribution in [2.45, 2.75) is 118 Å². The standard InChI is InChI=1S/C40H58O4/c1-29(17-13-19-31(3)21-22-36-33(5)25-34(41)26-37(36,6)7)15-11-12-16-30(2)18-14-20-32(4)23-24-40(44)38(8,9)27-35(42)28-39(40,10)43/h11-24,34-35,41-44H,25-28H2,1-10H3/b12-11-,17-13-,18-14-,22-21+,24-23+,29-15+,30-16+,31-19-,32-20-. The van der Waals surface area contributed by atoms with Crippen LogP contribution in [0.25, 0.3) is 0 Å². The molecule has 44 heavy (non-hydrogen) atoms. The first-order chi connectivity index (χ1) is 20.3. The second-order valence-electron chi connectivity index (χ2n) is 14.5. The fraction of sp³-hybridized carbons (Fsp3) is 0.500. The highest BCUT2D eigenvalue weighted by atomic mass is 16.4. The Hall–Kier alpha value is -2.76. The topological polar surface area (TPSA) is 80.9 Å². The quantitative estimate of drug-likeness (QED) is 0.189. The van der Waals surface area contributed by atoms with Gasteiger partial charge in [0.15, 0.2) is 0 Å². The third-order valence-corrected chi connectivity index (χ3v) is 9.07. The molecule has 0 amide bonds. The molecule has 0 aromatic heterocycles. The Kier molecular flexibility index (Phi) is 13.2. The molecule has 4 atom stereocenters. The van der Waals surface area contributed by atoms with Crippen molar-refractivity contribution in [3.8, 4) is 0 Å². The van der Waals surface area contributed by atoms with Crippen LogP contribution in [0.15, 0.2) is 119 Å². The molecule has 0 heterocycles. The third-order valence-electron chi connectivity index (χ3n) is 9.07. The number of hydrogen-bond donors (Lipinski definition) is 4. The number of aliphatic hydroxyl groups is 4. The lowest BCUT2D eigenvalue weighted by Gasteiger charge is -2.54. The van der Waals surface area contributed by atoms with Crippen molar-refractivity contribution in [1.29, 1.82) is 0 Å². The maximum absolute atomic E-state index is 11.4. The van der Waals surface area contributed by atoms with E-state index >= 15 is 0 Å². The van der Waals surface area contributed by atoms with E-state index in [1.165, 1.54) is 16.7 Å². The fourth-order valence-corrected chi connectivity index (χ4v) is 6.55. The maximum atomic E-state index is 11.4. The molecule has 4 unspecified atom stereocenters. The molecule has 0 spiro atoms. The van der Waals surface area contributed by atoms with Gasteiger partial charge in [0.25, 0.3) is 0 Å². The van der Waals surface area contributed by atoms with E-state index in [4.69, 9.17) is 0 Å². The zero-order chi connectivity index (χ0) is 33.3. The van der Waals surface area contributed by atoms with E-state index in [1.54, 1.807) is 13.0 Å². The smallest absolute Gasteiger partial charge is 0.117 e. The molecule has 0 saturated heterocycles. The van der Waals surface area contributed by atoms with Gasteiger partial charge in [-0.3, -0.25) is 0 Å². The monoisotopic (exact) mass is 602 g/mol. The van der Waals surface area contributed by atoms with Crippen molar-refractivity contribution >= 4 is 0 Å². The Morgan fingerprint density at radius 2 is 1.11 bits per heavy atom. The molecular weight excluding hydrogens is 544 g/mol. The van der Waals surface area contributed by atoms with E-state index < -0.39 is 22.7 Å². The molecular formula is C40H58O4. The minimum Gasteiger partial charge on any atom is -0.393 e. The molecule has 0 aliphatic heterocycles. The second-order valence-corrected chi connectivity index (χ2v) is 14.5. The van der Waals surface area contributed by atoms with Crippen LogP contribution in [0.5, 0.6) is 0 Å². The van der Waals surface area contributed by atoms with Gasteiger partial charge >= 0.3 is 0 Å². The predicted molar refractivity (Wildman–Crippen MR) is 187 cm³/mol. The molecule has 0 radical (unpaired) electrons. The summed E-state index contributed by atoms with van der Waals surface area (Å²) in [7, 11) is 0. The Morgan fingerprint density at radius 1 is 0.636 bits per heavy atom. The van der Waals surface area contributed by atoms with Gasteiger partial charge < -0.3 is 20.4 Å². The summed E-state index contributed by atoms with van der Waals surface area (Å²) in [5.74, 6) is 0. The van der Waals surface area contributed by atoms with Crippen LogP contribution in [0.4, 0.5) is 0 Å². The highest BCUT2D eigenvalue weighted by molar-refractivity contribution is 5.38. The number of aliphatic hydroxyl groups excluding tert-OH is 2. The third kappa shape index (κ3) is 10.4. The van der Waals surface area contributed by atoms with Crippen LogP contribution in [0.2, 0.25) is 0 Å². The van der Waals surface area contributed by atoms with Gasteiger partial charge in [-0.2, -0.15) is 0 Å². The van der Waals surface area contributed by atoms with Gasteiger partial charge in [-0.1, -0.05) is 135 Å². The Balaban J connectivity index is 1.94. The van der Waals surface area contributed by atoms with Gasteiger partial charge in [-0.05, 0) is 77.9 Å². The predicted octanol–water partition coefficient (Wildman–Crippen LogP) is 8.71. The highest BCUT2D eigenvalue weighted by Gasteiger charge is 2.58.